The summed E-state index contributed by atoms with van der Waals surface area (Å²) in [6.07, 6.45) is 4.78. The van der Waals surface area contributed by atoms with Crippen LogP contribution in [0.2, 0.25) is 0 Å². The van der Waals surface area contributed by atoms with E-state index in [4.69, 9.17) is 4.74 Å². The maximum Gasteiger partial charge on any atom is 0.224 e. The molecule has 1 saturated heterocycles. The number of aromatic nitrogens is 3. The van der Waals surface area contributed by atoms with E-state index < -0.39 is 5.82 Å². The summed E-state index contributed by atoms with van der Waals surface area (Å²) < 4.78 is 19.2. The fraction of sp³-hybridized carbons (Fsp3) is 0.471. The molecule has 1 fully saturated rings. The Morgan fingerprint density at radius 2 is 2.00 bits per heavy atom. The van der Waals surface area contributed by atoms with Gasteiger partial charge >= 0.3 is 0 Å². The molecule has 7 nitrogen and oxygen atoms in total. The lowest BCUT2D eigenvalue weighted by molar-refractivity contribution is 0.0186. The monoisotopic (exact) mass is 346 g/mol. The van der Waals surface area contributed by atoms with Gasteiger partial charge in [0.1, 0.15) is 0 Å². The Bertz CT molecular complexity index is 678. The minimum Gasteiger partial charge on any atom is -0.379 e. The van der Waals surface area contributed by atoms with E-state index in [0.29, 0.717) is 12.5 Å². The first-order valence-electron chi connectivity index (χ1n) is 8.30. The third-order valence-corrected chi connectivity index (χ3v) is 4.18. The molecule has 8 heteroatoms. The number of morpholine rings is 1. The van der Waals surface area contributed by atoms with Crippen LogP contribution in [-0.2, 0) is 4.74 Å². The Balaban J connectivity index is 1.75. The van der Waals surface area contributed by atoms with Crippen LogP contribution in [0.25, 0.3) is 0 Å². The molecule has 134 valence electrons. The molecule has 25 heavy (non-hydrogen) atoms. The van der Waals surface area contributed by atoms with Crippen LogP contribution in [0.5, 0.6) is 0 Å². The van der Waals surface area contributed by atoms with Gasteiger partial charge in [0, 0.05) is 46.1 Å². The summed E-state index contributed by atoms with van der Waals surface area (Å²) in [6, 6.07) is 4.17. The lowest BCUT2D eigenvalue weighted by Gasteiger charge is -2.34. The van der Waals surface area contributed by atoms with E-state index in [1.54, 1.807) is 31.4 Å². The van der Waals surface area contributed by atoms with E-state index >= 15 is 0 Å². The molecule has 0 saturated carbocycles. The zero-order valence-corrected chi connectivity index (χ0v) is 14.5. The second-order valence-corrected chi connectivity index (χ2v) is 6.09. The highest BCUT2D eigenvalue weighted by atomic mass is 19.1. The van der Waals surface area contributed by atoms with Gasteiger partial charge < -0.3 is 15.0 Å². The van der Waals surface area contributed by atoms with E-state index in [2.05, 4.69) is 25.2 Å². The quantitative estimate of drug-likeness (QED) is 0.851. The van der Waals surface area contributed by atoms with Crippen LogP contribution in [0, 0.1) is 5.82 Å². The summed E-state index contributed by atoms with van der Waals surface area (Å²) >= 11 is 0. The molecule has 1 aliphatic heterocycles. The average Bonchev–Trinajstić information content (AvgIpc) is 2.65. The van der Waals surface area contributed by atoms with Crippen molar-refractivity contribution in [2.75, 3.05) is 57.2 Å². The summed E-state index contributed by atoms with van der Waals surface area (Å²) in [5.74, 6) is 0.246. The normalized spacial score (nSPS) is 16.4. The molecule has 0 amide bonds. The van der Waals surface area contributed by atoms with Gasteiger partial charge in [0.25, 0.3) is 0 Å². The number of ether oxygens (including phenoxy) is 1. The van der Waals surface area contributed by atoms with Gasteiger partial charge in [-0.3, -0.25) is 9.88 Å². The summed E-state index contributed by atoms with van der Waals surface area (Å²) in [5, 5.41) is 3.24. The van der Waals surface area contributed by atoms with Crippen molar-refractivity contribution in [1.29, 1.82) is 0 Å². The van der Waals surface area contributed by atoms with Crippen molar-refractivity contribution in [3.05, 3.63) is 42.1 Å². The Kier molecular flexibility index (Phi) is 5.72. The summed E-state index contributed by atoms with van der Waals surface area (Å²) in [4.78, 5) is 16.4. The number of hydrogen-bond donors (Lipinski definition) is 1. The lowest BCUT2D eigenvalue weighted by atomic mass is 10.1. The van der Waals surface area contributed by atoms with Crippen LogP contribution < -0.4 is 10.2 Å². The highest BCUT2D eigenvalue weighted by Crippen LogP contribution is 2.22. The summed E-state index contributed by atoms with van der Waals surface area (Å²) in [5.41, 5.74) is 1.17. The third kappa shape index (κ3) is 4.40. The molecule has 2 aromatic heterocycles. The number of halogens is 1. The van der Waals surface area contributed by atoms with Gasteiger partial charge in [0.2, 0.25) is 5.95 Å². The van der Waals surface area contributed by atoms with Gasteiger partial charge in [0.05, 0.1) is 25.5 Å². The predicted molar refractivity (Wildman–Crippen MR) is 94.2 cm³/mol. The van der Waals surface area contributed by atoms with Crippen molar-refractivity contribution in [2.24, 2.45) is 0 Å². The minimum atomic E-state index is -0.436. The van der Waals surface area contributed by atoms with Gasteiger partial charge in [0.15, 0.2) is 11.6 Å². The number of pyridine rings is 1. The van der Waals surface area contributed by atoms with Crippen LogP contribution in [0.1, 0.15) is 11.6 Å². The lowest BCUT2D eigenvalue weighted by Crippen LogP contribution is -2.41. The summed E-state index contributed by atoms with van der Waals surface area (Å²) in [6.45, 7) is 3.78. The Hall–Kier alpha value is -2.32. The van der Waals surface area contributed by atoms with Crippen LogP contribution in [-0.4, -0.2) is 66.8 Å². The number of nitrogens with zero attached hydrogens (tertiary/aromatic N) is 5. The van der Waals surface area contributed by atoms with Gasteiger partial charge in [-0.2, -0.15) is 4.98 Å². The van der Waals surface area contributed by atoms with Gasteiger partial charge in [-0.25, -0.2) is 9.37 Å². The van der Waals surface area contributed by atoms with E-state index in [9.17, 15) is 4.39 Å². The van der Waals surface area contributed by atoms with Crippen molar-refractivity contribution >= 4 is 11.8 Å². The molecule has 3 heterocycles. The van der Waals surface area contributed by atoms with E-state index in [-0.39, 0.29) is 11.9 Å². The molecule has 0 spiro atoms. The van der Waals surface area contributed by atoms with Gasteiger partial charge in [-0.1, -0.05) is 0 Å². The first-order valence-corrected chi connectivity index (χ1v) is 8.30. The van der Waals surface area contributed by atoms with Crippen molar-refractivity contribution in [3.8, 4) is 0 Å². The van der Waals surface area contributed by atoms with Crippen molar-refractivity contribution in [1.82, 2.24) is 19.9 Å². The summed E-state index contributed by atoms with van der Waals surface area (Å²) in [7, 11) is 3.51. The van der Waals surface area contributed by atoms with Crippen LogP contribution in [0.3, 0.4) is 0 Å². The molecule has 1 N–H and O–H groups in total. The molecule has 1 aliphatic rings. The molecular weight excluding hydrogens is 323 g/mol. The first kappa shape index (κ1) is 17.5. The molecule has 1 atom stereocenters. The van der Waals surface area contributed by atoms with Crippen LogP contribution >= 0.6 is 0 Å². The highest BCUT2D eigenvalue weighted by Gasteiger charge is 2.23. The second kappa shape index (κ2) is 8.17. The number of rotatable bonds is 6. The van der Waals surface area contributed by atoms with Crippen molar-refractivity contribution in [2.45, 2.75) is 6.04 Å². The Labute approximate surface area is 146 Å². The van der Waals surface area contributed by atoms with Crippen LogP contribution in [0.15, 0.2) is 30.7 Å². The van der Waals surface area contributed by atoms with Crippen molar-refractivity contribution < 1.29 is 9.13 Å². The average molecular weight is 346 g/mol. The number of anilines is 2. The fourth-order valence-electron chi connectivity index (χ4n) is 2.88. The molecule has 2 aromatic rings. The largest absolute Gasteiger partial charge is 0.379 e. The molecule has 0 aliphatic carbocycles. The smallest absolute Gasteiger partial charge is 0.224 e. The first-order chi connectivity index (χ1) is 12.1. The van der Waals surface area contributed by atoms with Gasteiger partial charge in [-0.15, -0.1) is 0 Å². The number of nitrogens with one attached hydrogen (secondary N) is 1. The minimum absolute atomic E-state index is 0.142. The standard InChI is InChI=1S/C17H23FN6O/c1-23(2)16-14(18)11-20-17(22-16)21-12-15(13-3-5-19-6-4-13)24-7-9-25-10-8-24/h3-6,11,15H,7-10,12H2,1-2H3,(H,20,21,22). The molecule has 0 bridgehead atoms. The SMILES string of the molecule is CN(C)c1nc(NCC(c2ccncc2)N2CCOCC2)ncc1F. The molecule has 0 aromatic carbocycles. The molecular formula is C17H23FN6O. The van der Waals surface area contributed by atoms with E-state index in [0.717, 1.165) is 26.3 Å². The Morgan fingerprint density at radius 3 is 2.68 bits per heavy atom. The van der Waals surface area contributed by atoms with Gasteiger partial charge in [-0.05, 0) is 17.7 Å². The molecule has 0 radical (unpaired) electrons. The fourth-order valence-corrected chi connectivity index (χ4v) is 2.88. The molecule has 1 unspecified atom stereocenters. The van der Waals surface area contributed by atoms with E-state index in [1.807, 2.05) is 12.1 Å². The highest BCUT2D eigenvalue weighted by molar-refractivity contribution is 5.42. The second-order valence-electron chi connectivity index (χ2n) is 6.09. The Morgan fingerprint density at radius 1 is 1.28 bits per heavy atom. The number of hydrogen-bond acceptors (Lipinski definition) is 7. The molecule has 3 rings (SSSR count). The third-order valence-electron chi connectivity index (χ3n) is 4.18. The van der Waals surface area contributed by atoms with Crippen molar-refractivity contribution in [3.63, 3.8) is 0 Å². The zero-order chi connectivity index (χ0) is 17.6. The predicted octanol–water partition coefficient (Wildman–Crippen LogP) is 1.56. The van der Waals surface area contributed by atoms with E-state index in [1.165, 1.54) is 11.8 Å². The topological polar surface area (TPSA) is 66.4 Å². The maximum atomic E-state index is 13.8. The maximum absolute atomic E-state index is 13.8. The van der Waals surface area contributed by atoms with Crippen LogP contribution in [0.4, 0.5) is 16.2 Å². The zero-order valence-electron chi connectivity index (χ0n) is 14.5.